The second-order valence-electron chi connectivity index (χ2n) is 6.70. The van der Waals surface area contributed by atoms with E-state index in [0.29, 0.717) is 6.54 Å². The minimum absolute atomic E-state index is 0.0955. The van der Waals surface area contributed by atoms with Gasteiger partial charge in [-0.2, -0.15) is 16.4 Å². The molecule has 1 aliphatic rings. The molecule has 6 heteroatoms. The predicted molar refractivity (Wildman–Crippen MR) is 86.8 cm³/mol. The number of carbonyl (C=O) groups is 1. The molecule has 3 rings (SSSR count). The number of amides is 1. The van der Waals surface area contributed by atoms with Crippen molar-refractivity contribution in [3.63, 3.8) is 0 Å². The summed E-state index contributed by atoms with van der Waals surface area (Å²) in [4.78, 5) is 14.2. The molecule has 118 valence electrons. The number of nitrogens with zero attached hydrogens (tertiary/aromatic N) is 2. The maximum absolute atomic E-state index is 12.4. The van der Waals surface area contributed by atoms with Gasteiger partial charge in [0.2, 0.25) is 0 Å². The van der Waals surface area contributed by atoms with Crippen molar-refractivity contribution >= 4 is 17.4 Å². The van der Waals surface area contributed by atoms with Crippen LogP contribution in [0.1, 0.15) is 39.0 Å². The molecule has 0 saturated carbocycles. The van der Waals surface area contributed by atoms with Crippen molar-refractivity contribution in [2.24, 2.45) is 0 Å². The van der Waals surface area contributed by atoms with Gasteiger partial charge in [-0.15, -0.1) is 0 Å². The highest BCUT2D eigenvalue weighted by Gasteiger charge is 2.33. The Kier molecular flexibility index (Phi) is 3.72. The Morgan fingerprint density at radius 3 is 2.91 bits per heavy atom. The number of aromatic amines is 1. The molecule has 0 aliphatic carbocycles. The molecule has 5 nitrogen and oxygen atoms in total. The zero-order chi connectivity index (χ0) is 15.9. The van der Waals surface area contributed by atoms with E-state index in [9.17, 15) is 4.79 Å². The van der Waals surface area contributed by atoms with Gasteiger partial charge < -0.3 is 9.64 Å². The van der Waals surface area contributed by atoms with E-state index < -0.39 is 5.60 Å². The van der Waals surface area contributed by atoms with Crippen LogP contribution in [0.5, 0.6) is 0 Å². The van der Waals surface area contributed by atoms with Crippen LogP contribution in [0.15, 0.2) is 16.8 Å². The number of rotatable bonds is 1. The fraction of sp³-hybridized carbons (Fsp3) is 0.500. The zero-order valence-corrected chi connectivity index (χ0v) is 14.2. The van der Waals surface area contributed by atoms with Gasteiger partial charge in [-0.3, -0.25) is 5.10 Å². The SMILES string of the molecule is C[C@@H]1Cc2[nH]nc(-c3ccsc3)c2CN1C(=O)OC(C)(C)C. The van der Waals surface area contributed by atoms with Crippen molar-refractivity contribution in [2.75, 3.05) is 0 Å². The Bertz CT molecular complexity index is 670. The number of thiophene rings is 1. The van der Waals surface area contributed by atoms with E-state index in [0.717, 1.165) is 28.9 Å². The average Bonchev–Trinajstić information content (AvgIpc) is 3.02. The van der Waals surface area contributed by atoms with Crippen LogP contribution < -0.4 is 0 Å². The molecular weight excluding hydrogens is 298 g/mol. The van der Waals surface area contributed by atoms with Gasteiger partial charge in [0.25, 0.3) is 0 Å². The van der Waals surface area contributed by atoms with E-state index >= 15 is 0 Å². The number of hydrogen-bond donors (Lipinski definition) is 1. The summed E-state index contributed by atoms with van der Waals surface area (Å²) in [6.45, 7) is 8.24. The normalized spacial score (nSPS) is 18.2. The molecule has 1 aliphatic heterocycles. The van der Waals surface area contributed by atoms with Crippen LogP contribution in [-0.2, 0) is 17.7 Å². The summed E-state index contributed by atoms with van der Waals surface area (Å²) in [5, 5.41) is 11.7. The lowest BCUT2D eigenvalue weighted by atomic mass is 9.98. The third-order valence-electron chi connectivity index (χ3n) is 3.74. The van der Waals surface area contributed by atoms with E-state index in [-0.39, 0.29) is 12.1 Å². The molecule has 2 aromatic rings. The Morgan fingerprint density at radius 1 is 1.50 bits per heavy atom. The van der Waals surface area contributed by atoms with Crippen LogP contribution in [0, 0.1) is 0 Å². The number of fused-ring (bicyclic) bond motifs is 1. The lowest BCUT2D eigenvalue weighted by Gasteiger charge is -2.34. The third kappa shape index (κ3) is 2.88. The Balaban J connectivity index is 1.87. The van der Waals surface area contributed by atoms with Gasteiger partial charge in [-0.25, -0.2) is 4.79 Å². The number of ether oxygens (including phenoxy) is 1. The highest BCUT2D eigenvalue weighted by atomic mass is 32.1. The first-order valence-corrected chi connectivity index (χ1v) is 8.38. The predicted octanol–water partition coefficient (Wildman–Crippen LogP) is 3.82. The maximum Gasteiger partial charge on any atom is 0.410 e. The topological polar surface area (TPSA) is 58.2 Å². The van der Waals surface area contributed by atoms with Crippen LogP contribution in [0.2, 0.25) is 0 Å². The van der Waals surface area contributed by atoms with Gasteiger partial charge in [0.05, 0.1) is 12.2 Å². The van der Waals surface area contributed by atoms with Crippen molar-refractivity contribution in [3.8, 4) is 11.3 Å². The number of carbonyl (C=O) groups excluding carboxylic acids is 1. The summed E-state index contributed by atoms with van der Waals surface area (Å²) < 4.78 is 5.53. The molecule has 0 fully saturated rings. The summed E-state index contributed by atoms with van der Waals surface area (Å²) in [5.41, 5.74) is 3.78. The molecule has 22 heavy (non-hydrogen) atoms. The zero-order valence-electron chi connectivity index (χ0n) is 13.3. The first-order chi connectivity index (χ1) is 10.3. The number of hydrogen-bond acceptors (Lipinski definition) is 4. The van der Waals surface area contributed by atoms with Crippen molar-refractivity contribution in [2.45, 2.75) is 52.3 Å². The van der Waals surface area contributed by atoms with Crippen LogP contribution >= 0.6 is 11.3 Å². The standard InChI is InChI=1S/C16H21N3O2S/c1-10-7-13-12(8-19(10)15(20)21-16(2,3)4)14(18-17-13)11-5-6-22-9-11/h5-6,9-10H,7-8H2,1-4H3,(H,17,18)/t10-/m1/s1. The van der Waals surface area contributed by atoms with E-state index in [2.05, 4.69) is 21.6 Å². The van der Waals surface area contributed by atoms with Crippen LogP contribution in [0.3, 0.4) is 0 Å². The molecule has 0 radical (unpaired) electrons. The van der Waals surface area contributed by atoms with Crippen LogP contribution in [0.25, 0.3) is 11.3 Å². The summed E-state index contributed by atoms with van der Waals surface area (Å²) in [5.74, 6) is 0. The number of nitrogens with one attached hydrogen (secondary N) is 1. The molecule has 0 unspecified atom stereocenters. The first-order valence-electron chi connectivity index (χ1n) is 7.43. The Morgan fingerprint density at radius 2 is 2.27 bits per heavy atom. The molecule has 1 N–H and O–H groups in total. The second-order valence-corrected chi connectivity index (χ2v) is 7.48. The van der Waals surface area contributed by atoms with Crippen LogP contribution in [-0.4, -0.2) is 32.8 Å². The van der Waals surface area contributed by atoms with Gasteiger partial charge in [-0.1, -0.05) is 0 Å². The first kappa shape index (κ1) is 15.1. The molecule has 0 bridgehead atoms. The van der Waals surface area contributed by atoms with Crippen LogP contribution in [0.4, 0.5) is 4.79 Å². The summed E-state index contributed by atoms with van der Waals surface area (Å²) in [7, 11) is 0. The van der Waals surface area contributed by atoms with Gasteiger partial charge in [0, 0.05) is 34.7 Å². The van der Waals surface area contributed by atoms with Crippen molar-refractivity contribution in [3.05, 3.63) is 28.1 Å². The summed E-state index contributed by atoms with van der Waals surface area (Å²) in [6.07, 6.45) is 0.509. The largest absolute Gasteiger partial charge is 0.444 e. The minimum atomic E-state index is -0.482. The number of H-pyrrole nitrogens is 1. The Hall–Kier alpha value is -1.82. The lowest BCUT2D eigenvalue weighted by molar-refractivity contribution is 0.0138. The highest BCUT2D eigenvalue weighted by molar-refractivity contribution is 7.08. The number of aromatic nitrogens is 2. The van der Waals surface area contributed by atoms with Gasteiger partial charge in [0.1, 0.15) is 5.60 Å². The summed E-state index contributed by atoms with van der Waals surface area (Å²) in [6, 6.07) is 2.15. The van der Waals surface area contributed by atoms with E-state index in [1.165, 1.54) is 0 Å². The highest BCUT2D eigenvalue weighted by Crippen LogP contribution is 2.32. The van der Waals surface area contributed by atoms with Crippen molar-refractivity contribution < 1.29 is 9.53 Å². The van der Waals surface area contributed by atoms with E-state index in [1.807, 2.05) is 33.1 Å². The molecule has 0 saturated heterocycles. The lowest BCUT2D eigenvalue weighted by Crippen LogP contribution is -2.45. The average molecular weight is 319 g/mol. The van der Waals surface area contributed by atoms with Gasteiger partial charge in [0.15, 0.2) is 0 Å². The fourth-order valence-electron chi connectivity index (χ4n) is 2.68. The minimum Gasteiger partial charge on any atom is -0.444 e. The smallest absolute Gasteiger partial charge is 0.410 e. The monoisotopic (exact) mass is 319 g/mol. The molecule has 1 atom stereocenters. The third-order valence-corrected chi connectivity index (χ3v) is 4.42. The molecule has 2 aromatic heterocycles. The molecular formula is C16H21N3O2S. The molecule has 0 spiro atoms. The Labute approximate surface area is 134 Å². The molecule has 1 amide bonds. The van der Waals surface area contributed by atoms with Gasteiger partial charge >= 0.3 is 6.09 Å². The maximum atomic E-state index is 12.4. The fourth-order valence-corrected chi connectivity index (χ4v) is 3.32. The van der Waals surface area contributed by atoms with E-state index in [4.69, 9.17) is 4.74 Å². The molecule has 3 heterocycles. The summed E-state index contributed by atoms with van der Waals surface area (Å²) >= 11 is 1.64. The second kappa shape index (κ2) is 5.43. The van der Waals surface area contributed by atoms with Crippen molar-refractivity contribution in [1.29, 1.82) is 0 Å². The van der Waals surface area contributed by atoms with E-state index in [1.54, 1.807) is 16.2 Å². The quantitative estimate of drug-likeness (QED) is 0.869. The van der Waals surface area contributed by atoms with Gasteiger partial charge in [-0.05, 0) is 39.1 Å². The molecule has 0 aromatic carbocycles. The van der Waals surface area contributed by atoms with Crippen molar-refractivity contribution in [1.82, 2.24) is 15.1 Å².